The maximum absolute atomic E-state index is 10.9. The molecular weight excluding hydrogens is 331 g/mol. The average Bonchev–Trinajstić information content (AvgIpc) is 2.50. The Kier molecular flexibility index (Phi) is 24.1. The fourth-order valence-corrected chi connectivity index (χ4v) is 2.78. The SMILES string of the molecule is CCCCCCCCCCCCCCCCCC(=O)OC(=O)[O-].[K+]. The van der Waals surface area contributed by atoms with Gasteiger partial charge in [0.1, 0.15) is 0 Å². The van der Waals surface area contributed by atoms with Gasteiger partial charge in [-0.15, -0.1) is 0 Å². The Morgan fingerprint density at radius 3 is 1.33 bits per heavy atom. The summed E-state index contributed by atoms with van der Waals surface area (Å²) in [7, 11) is 0. The Bertz CT molecular complexity index is 295. The van der Waals surface area contributed by atoms with Crippen molar-refractivity contribution in [1.82, 2.24) is 0 Å². The summed E-state index contributed by atoms with van der Waals surface area (Å²) in [5.41, 5.74) is 0. The van der Waals surface area contributed by atoms with Gasteiger partial charge in [-0.25, -0.2) is 0 Å². The molecule has 0 saturated heterocycles. The van der Waals surface area contributed by atoms with Gasteiger partial charge in [-0.2, -0.15) is 0 Å². The van der Waals surface area contributed by atoms with Crippen molar-refractivity contribution in [2.24, 2.45) is 0 Å². The van der Waals surface area contributed by atoms with Gasteiger partial charge in [0.15, 0.2) is 0 Å². The summed E-state index contributed by atoms with van der Waals surface area (Å²) in [5, 5.41) is 10.0. The van der Waals surface area contributed by atoms with E-state index in [1.165, 1.54) is 77.0 Å². The van der Waals surface area contributed by atoms with Crippen LogP contribution in [0.3, 0.4) is 0 Å². The zero-order valence-corrected chi connectivity index (χ0v) is 19.1. The maximum atomic E-state index is 10.9. The summed E-state index contributed by atoms with van der Waals surface area (Å²) in [4.78, 5) is 21.0. The molecule has 0 aliphatic heterocycles. The van der Waals surface area contributed by atoms with E-state index < -0.39 is 12.1 Å². The van der Waals surface area contributed by atoms with Gasteiger partial charge in [-0.05, 0) is 6.42 Å². The molecule has 0 fully saturated rings. The van der Waals surface area contributed by atoms with Crippen molar-refractivity contribution in [1.29, 1.82) is 0 Å². The topological polar surface area (TPSA) is 66.4 Å². The number of ether oxygens (including phenoxy) is 1. The van der Waals surface area contributed by atoms with Crippen LogP contribution in [0, 0.1) is 0 Å². The van der Waals surface area contributed by atoms with E-state index in [9.17, 15) is 14.7 Å². The van der Waals surface area contributed by atoms with Crippen molar-refractivity contribution in [3.05, 3.63) is 0 Å². The predicted molar refractivity (Wildman–Crippen MR) is 91.0 cm³/mol. The maximum Gasteiger partial charge on any atom is 1.00 e. The average molecular weight is 367 g/mol. The monoisotopic (exact) mass is 366 g/mol. The van der Waals surface area contributed by atoms with Crippen molar-refractivity contribution in [3.8, 4) is 0 Å². The Morgan fingerprint density at radius 1 is 0.667 bits per heavy atom. The second-order valence-electron chi connectivity index (χ2n) is 6.42. The molecule has 4 nitrogen and oxygen atoms in total. The molecule has 24 heavy (non-hydrogen) atoms. The van der Waals surface area contributed by atoms with Crippen LogP contribution < -0.4 is 56.5 Å². The quantitative estimate of drug-likeness (QED) is 0.182. The molecule has 0 saturated carbocycles. The van der Waals surface area contributed by atoms with E-state index in [1.807, 2.05) is 0 Å². The van der Waals surface area contributed by atoms with Crippen molar-refractivity contribution in [2.75, 3.05) is 0 Å². The Hall–Kier alpha value is 0.576. The minimum atomic E-state index is -1.75. The molecule has 0 aliphatic rings. The van der Waals surface area contributed by atoms with Crippen LogP contribution in [0.25, 0.3) is 0 Å². The first-order chi connectivity index (χ1) is 11.2. The Labute approximate surface area is 190 Å². The summed E-state index contributed by atoms with van der Waals surface area (Å²) in [6.45, 7) is 2.26. The van der Waals surface area contributed by atoms with Crippen LogP contribution in [-0.4, -0.2) is 12.1 Å². The largest absolute Gasteiger partial charge is 1.00 e. The molecule has 0 aliphatic carbocycles. The van der Waals surface area contributed by atoms with E-state index in [-0.39, 0.29) is 57.8 Å². The molecule has 0 atom stereocenters. The third-order valence-electron chi connectivity index (χ3n) is 4.18. The number of unbranched alkanes of at least 4 members (excludes halogenated alkanes) is 14. The van der Waals surface area contributed by atoms with Crippen LogP contribution in [0.15, 0.2) is 0 Å². The predicted octanol–water partition coefficient (Wildman–Crippen LogP) is 2.14. The van der Waals surface area contributed by atoms with Crippen LogP contribution >= 0.6 is 0 Å². The zero-order chi connectivity index (χ0) is 17.2. The summed E-state index contributed by atoms with van der Waals surface area (Å²) in [6.07, 6.45) is 17.4. The fraction of sp³-hybridized carbons (Fsp3) is 0.895. The number of esters is 1. The molecule has 0 spiro atoms. The van der Waals surface area contributed by atoms with Gasteiger partial charge < -0.3 is 14.6 Å². The molecule has 0 amide bonds. The summed E-state index contributed by atoms with van der Waals surface area (Å²) in [6, 6.07) is 0. The van der Waals surface area contributed by atoms with Gasteiger partial charge in [-0.3, -0.25) is 4.79 Å². The normalized spacial score (nSPS) is 10.2. The van der Waals surface area contributed by atoms with Crippen molar-refractivity contribution in [3.63, 3.8) is 0 Å². The van der Waals surface area contributed by atoms with Gasteiger partial charge in [0.2, 0.25) is 5.97 Å². The van der Waals surface area contributed by atoms with E-state index in [2.05, 4.69) is 11.7 Å². The second kappa shape index (κ2) is 21.6. The van der Waals surface area contributed by atoms with Crippen LogP contribution in [0.5, 0.6) is 0 Å². The van der Waals surface area contributed by atoms with E-state index in [4.69, 9.17) is 0 Å². The summed E-state index contributed by atoms with van der Waals surface area (Å²) < 4.78 is 3.94. The molecule has 0 aromatic heterocycles. The molecule has 0 aromatic carbocycles. The smallest absolute Gasteiger partial charge is 0.484 e. The number of hydrogen-bond donors (Lipinski definition) is 0. The Morgan fingerprint density at radius 2 is 1.00 bits per heavy atom. The first-order valence-electron chi connectivity index (χ1n) is 9.58. The zero-order valence-electron chi connectivity index (χ0n) is 15.9. The van der Waals surface area contributed by atoms with E-state index in [0.717, 1.165) is 12.8 Å². The van der Waals surface area contributed by atoms with Crippen LogP contribution in [0.1, 0.15) is 110 Å². The Balaban J connectivity index is 0. The number of hydrogen-bond acceptors (Lipinski definition) is 4. The fourth-order valence-electron chi connectivity index (χ4n) is 2.78. The molecule has 0 heterocycles. The minimum Gasteiger partial charge on any atom is -0.484 e. The van der Waals surface area contributed by atoms with Crippen LogP contribution in [-0.2, 0) is 9.53 Å². The molecule has 0 radical (unpaired) electrons. The molecule has 0 bridgehead atoms. The first kappa shape index (κ1) is 26.8. The number of carbonyl (C=O) groups is 2. The molecule has 0 N–H and O–H groups in total. The van der Waals surface area contributed by atoms with Gasteiger partial charge >= 0.3 is 51.4 Å². The number of rotatable bonds is 16. The third-order valence-corrected chi connectivity index (χ3v) is 4.18. The molecule has 0 unspecified atom stereocenters. The molecule has 0 aromatic rings. The number of carbonyl (C=O) groups excluding carboxylic acids is 2. The van der Waals surface area contributed by atoms with Crippen molar-refractivity contribution >= 4 is 12.1 Å². The molecular formula is C19H35KO4. The molecule has 5 heteroatoms. The van der Waals surface area contributed by atoms with Crippen molar-refractivity contribution < 1.29 is 70.8 Å². The van der Waals surface area contributed by atoms with Gasteiger partial charge in [0.05, 0.1) is 0 Å². The first-order valence-corrected chi connectivity index (χ1v) is 9.58. The second-order valence-corrected chi connectivity index (χ2v) is 6.42. The van der Waals surface area contributed by atoms with Crippen LogP contribution in [0.4, 0.5) is 4.79 Å². The van der Waals surface area contributed by atoms with E-state index in [1.54, 1.807) is 0 Å². The van der Waals surface area contributed by atoms with Gasteiger partial charge in [0, 0.05) is 6.42 Å². The van der Waals surface area contributed by atoms with Crippen LogP contribution in [0.2, 0.25) is 0 Å². The minimum absolute atomic E-state index is 0. The summed E-state index contributed by atoms with van der Waals surface area (Å²) >= 11 is 0. The number of carboxylic acid groups (broad SMARTS) is 1. The van der Waals surface area contributed by atoms with E-state index in [0.29, 0.717) is 6.42 Å². The van der Waals surface area contributed by atoms with Gasteiger partial charge in [0.25, 0.3) is 6.16 Å². The van der Waals surface area contributed by atoms with Gasteiger partial charge in [-0.1, -0.05) is 96.8 Å². The standard InChI is InChI=1S/C19H36O4.K/c1-2-3-4-5-6-7-8-9-10-11-12-13-14-15-16-17-18(20)23-19(21)22;/h2-17H2,1H3,(H,21,22);/q;+1/p-1. The van der Waals surface area contributed by atoms with Crippen molar-refractivity contribution in [2.45, 2.75) is 110 Å². The summed E-state index contributed by atoms with van der Waals surface area (Å²) in [5.74, 6) is -0.695. The third kappa shape index (κ3) is 22.6. The molecule has 136 valence electrons. The molecule has 0 rings (SSSR count). The van der Waals surface area contributed by atoms with E-state index >= 15 is 0 Å².